The van der Waals surface area contributed by atoms with Crippen LogP contribution in [0.15, 0.2) is 48.8 Å². The molecule has 0 N–H and O–H groups in total. The molecule has 13 heteroatoms. The Kier molecular flexibility index (Phi) is 6.45. The van der Waals surface area contributed by atoms with Crippen molar-refractivity contribution in [1.82, 2.24) is 34.0 Å². The third kappa shape index (κ3) is 4.95. The molecule has 0 spiro atoms. The number of fused-ring (bicyclic) bond motifs is 1. The Hall–Kier alpha value is -4.81. The fourth-order valence-corrected chi connectivity index (χ4v) is 5.65. The first kappa shape index (κ1) is 28.0. The molecule has 2 fully saturated rings. The quantitative estimate of drug-likeness (QED) is 0.212. The normalized spacial score (nSPS) is 15.2. The maximum atomic E-state index is 13.6. The van der Waals surface area contributed by atoms with Crippen molar-refractivity contribution in [2.45, 2.75) is 44.0 Å². The van der Waals surface area contributed by atoms with Gasteiger partial charge in [0.15, 0.2) is 0 Å². The van der Waals surface area contributed by atoms with Crippen LogP contribution in [0.3, 0.4) is 0 Å². The number of amides is 1. The molecule has 3 heterocycles. The van der Waals surface area contributed by atoms with E-state index in [1.807, 2.05) is 39.8 Å². The molecule has 228 valence electrons. The van der Waals surface area contributed by atoms with Crippen LogP contribution >= 0.6 is 0 Å². The van der Waals surface area contributed by atoms with E-state index in [-0.39, 0.29) is 17.0 Å². The maximum Gasteiger partial charge on any atom is 0.573 e. The van der Waals surface area contributed by atoms with Crippen LogP contribution in [0.25, 0.3) is 39.2 Å². The van der Waals surface area contributed by atoms with Crippen LogP contribution in [0, 0.1) is 0 Å². The van der Waals surface area contributed by atoms with Crippen molar-refractivity contribution in [3.8, 4) is 40.0 Å². The van der Waals surface area contributed by atoms with E-state index in [0.717, 1.165) is 53.9 Å². The van der Waals surface area contributed by atoms with Gasteiger partial charge in [-0.15, -0.1) is 18.3 Å². The predicted molar refractivity (Wildman–Crippen MR) is 156 cm³/mol. The molecule has 2 aliphatic rings. The molecule has 0 unspecified atom stereocenters. The van der Waals surface area contributed by atoms with Crippen LogP contribution in [-0.4, -0.2) is 67.5 Å². The second-order valence-electron chi connectivity index (χ2n) is 11.5. The second-order valence-corrected chi connectivity index (χ2v) is 11.5. The van der Waals surface area contributed by atoms with Crippen LogP contribution in [0.2, 0.25) is 0 Å². The molecule has 0 bridgehead atoms. The number of rotatable bonds is 8. The van der Waals surface area contributed by atoms with Crippen LogP contribution in [0.4, 0.5) is 13.2 Å². The minimum Gasteiger partial charge on any atom is -0.478 e. The van der Waals surface area contributed by atoms with Gasteiger partial charge in [-0.3, -0.25) is 9.48 Å². The maximum absolute atomic E-state index is 13.6. The fourth-order valence-electron chi connectivity index (χ4n) is 5.65. The van der Waals surface area contributed by atoms with Gasteiger partial charge in [0.25, 0.3) is 11.8 Å². The molecular weight excluding hydrogens is 575 g/mol. The number of hydrogen-bond acceptors (Lipinski definition) is 6. The number of benzene rings is 2. The summed E-state index contributed by atoms with van der Waals surface area (Å²) in [7, 11) is 6.45. The Morgan fingerprint density at radius 2 is 1.80 bits per heavy atom. The van der Waals surface area contributed by atoms with Crippen molar-refractivity contribution in [3.05, 3.63) is 60.0 Å². The average molecular weight is 606 g/mol. The second kappa shape index (κ2) is 10.1. The number of aromatic nitrogens is 6. The highest BCUT2D eigenvalue weighted by Gasteiger charge is 2.36. The minimum atomic E-state index is -4.96. The molecule has 0 radical (unpaired) electrons. The van der Waals surface area contributed by atoms with E-state index >= 15 is 0 Å². The van der Waals surface area contributed by atoms with Crippen LogP contribution in [0.5, 0.6) is 11.6 Å². The van der Waals surface area contributed by atoms with Crippen LogP contribution in [0.1, 0.15) is 53.7 Å². The topological polar surface area (TPSA) is 92.2 Å². The molecule has 2 aliphatic carbocycles. The van der Waals surface area contributed by atoms with Gasteiger partial charge >= 0.3 is 6.36 Å². The van der Waals surface area contributed by atoms with Gasteiger partial charge in [-0.25, -0.2) is 9.67 Å². The van der Waals surface area contributed by atoms with Gasteiger partial charge in [-0.1, -0.05) is 12.1 Å². The summed E-state index contributed by atoms with van der Waals surface area (Å²) in [5, 5.41) is 10.2. The lowest BCUT2D eigenvalue weighted by Crippen LogP contribution is -2.22. The van der Waals surface area contributed by atoms with Crippen molar-refractivity contribution in [1.29, 1.82) is 0 Å². The summed E-state index contributed by atoms with van der Waals surface area (Å²) in [6.07, 6.45) is 2.92. The predicted octanol–water partition coefficient (Wildman–Crippen LogP) is 6.11. The van der Waals surface area contributed by atoms with E-state index < -0.39 is 18.0 Å². The zero-order valence-corrected chi connectivity index (χ0v) is 24.6. The molecule has 1 amide bonds. The van der Waals surface area contributed by atoms with E-state index in [1.54, 1.807) is 18.8 Å². The summed E-state index contributed by atoms with van der Waals surface area (Å²) in [4.78, 5) is 18.8. The van der Waals surface area contributed by atoms with Gasteiger partial charge in [-0.2, -0.15) is 5.10 Å². The zero-order chi connectivity index (χ0) is 30.9. The number of carbonyl (C=O) groups excluding carboxylic acids is 1. The standard InChI is InChI=1S/C31H30F3N7O3/c1-38(2)30(42)18-10-13-21(25(14-18)44-31(32,33)34)28-35-26(27(39(28)3)17-8-9-17)20-6-5-7-23-22(20)15-41(36-23)24-16-40(19-11-12-19)37-29(24)43-4/h5-7,10,13-17,19H,8-9,11-12H2,1-4H3. The molecule has 10 nitrogen and oxygen atoms in total. The van der Waals surface area contributed by atoms with Gasteiger partial charge in [0.1, 0.15) is 17.3 Å². The summed E-state index contributed by atoms with van der Waals surface area (Å²) < 4.78 is 56.2. The summed E-state index contributed by atoms with van der Waals surface area (Å²) in [5.74, 6) is 0.0592. The van der Waals surface area contributed by atoms with Crippen LogP contribution < -0.4 is 9.47 Å². The Morgan fingerprint density at radius 3 is 2.45 bits per heavy atom. The molecule has 3 aromatic heterocycles. The van der Waals surface area contributed by atoms with Crippen molar-refractivity contribution in [2.75, 3.05) is 21.2 Å². The third-order valence-corrected chi connectivity index (χ3v) is 8.05. The number of halogens is 3. The summed E-state index contributed by atoms with van der Waals surface area (Å²) >= 11 is 0. The molecule has 0 atom stereocenters. The Balaban J connectivity index is 1.37. The lowest BCUT2D eigenvalue weighted by molar-refractivity contribution is -0.274. The number of hydrogen-bond donors (Lipinski definition) is 0. The Morgan fingerprint density at radius 1 is 1.02 bits per heavy atom. The van der Waals surface area contributed by atoms with Crippen molar-refractivity contribution in [3.63, 3.8) is 0 Å². The van der Waals surface area contributed by atoms with Crippen molar-refractivity contribution in [2.24, 2.45) is 7.05 Å². The van der Waals surface area contributed by atoms with Gasteiger partial charge in [0, 0.05) is 55.5 Å². The monoisotopic (exact) mass is 605 g/mol. The highest BCUT2D eigenvalue weighted by molar-refractivity contribution is 5.96. The van der Waals surface area contributed by atoms with E-state index in [0.29, 0.717) is 29.1 Å². The number of nitrogens with zero attached hydrogens (tertiary/aromatic N) is 7. The van der Waals surface area contributed by atoms with E-state index in [1.165, 1.54) is 31.1 Å². The number of alkyl halides is 3. The lowest BCUT2D eigenvalue weighted by atomic mass is 10.0. The van der Waals surface area contributed by atoms with Gasteiger partial charge in [-0.05, 0) is 49.9 Å². The van der Waals surface area contributed by atoms with E-state index in [9.17, 15) is 18.0 Å². The highest BCUT2D eigenvalue weighted by Crippen LogP contribution is 2.48. The van der Waals surface area contributed by atoms with E-state index in [4.69, 9.17) is 14.8 Å². The molecule has 2 saturated carbocycles. The number of ether oxygens (including phenoxy) is 2. The summed E-state index contributed by atoms with van der Waals surface area (Å²) in [6.45, 7) is 0. The number of methoxy groups -OCH3 is 1. The van der Waals surface area contributed by atoms with Crippen LogP contribution in [-0.2, 0) is 7.05 Å². The largest absolute Gasteiger partial charge is 0.573 e. The molecule has 5 aromatic rings. The Bertz CT molecular complexity index is 1910. The minimum absolute atomic E-state index is 0.0764. The first-order valence-electron chi connectivity index (χ1n) is 14.3. The molecular formula is C31H30F3N7O3. The van der Waals surface area contributed by atoms with Gasteiger partial charge in [0.2, 0.25) is 0 Å². The first-order chi connectivity index (χ1) is 21.0. The van der Waals surface area contributed by atoms with Crippen molar-refractivity contribution < 1.29 is 27.4 Å². The Labute approximate surface area is 250 Å². The van der Waals surface area contributed by atoms with Gasteiger partial charge in [0.05, 0.1) is 36.1 Å². The lowest BCUT2D eigenvalue weighted by Gasteiger charge is -2.16. The number of carbonyl (C=O) groups is 1. The average Bonchev–Trinajstić information content (AvgIpc) is 3.89. The molecule has 0 aliphatic heterocycles. The fraction of sp³-hybridized carbons (Fsp3) is 0.355. The van der Waals surface area contributed by atoms with Crippen molar-refractivity contribution >= 4 is 16.8 Å². The molecule has 0 saturated heterocycles. The SMILES string of the molecule is COc1nn(C2CC2)cc1-n1cc2c(-c3nc(-c4ccc(C(=O)N(C)C)cc4OC(F)(F)F)n(C)c3C3CC3)cccc2n1. The smallest absolute Gasteiger partial charge is 0.478 e. The summed E-state index contributed by atoms with van der Waals surface area (Å²) in [5.41, 5.74) is 4.05. The molecule has 7 rings (SSSR count). The number of imidazole rings is 1. The molecule has 44 heavy (non-hydrogen) atoms. The zero-order valence-electron chi connectivity index (χ0n) is 24.6. The highest BCUT2D eigenvalue weighted by atomic mass is 19.4. The van der Waals surface area contributed by atoms with E-state index in [2.05, 4.69) is 9.84 Å². The van der Waals surface area contributed by atoms with Gasteiger partial charge < -0.3 is 18.9 Å². The summed E-state index contributed by atoms with van der Waals surface area (Å²) in [6, 6.07) is 10.2. The third-order valence-electron chi connectivity index (χ3n) is 8.05. The first-order valence-corrected chi connectivity index (χ1v) is 14.3. The molecule has 2 aromatic carbocycles.